The van der Waals surface area contributed by atoms with Gasteiger partial charge in [-0.1, -0.05) is 30.3 Å². The second-order valence-electron chi connectivity index (χ2n) is 9.40. The minimum atomic E-state index is -0.542. The third-order valence-corrected chi connectivity index (χ3v) is 7.09. The molecule has 0 N–H and O–H groups in total. The van der Waals surface area contributed by atoms with Gasteiger partial charge >= 0.3 is 5.69 Å². The number of hydrogen-bond donors (Lipinski definition) is 0. The Morgan fingerprint density at radius 1 is 1.11 bits per heavy atom. The molecule has 0 unspecified atom stereocenters. The molecule has 1 atom stereocenters. The van der Waals surface area contributed by atoms with E-state index in [0.29, 0.717) is 29.8 Å². The summed E-state index contributed by atoms with van der Waals surface area (Å²) in [6.07, 6.45) is 3.76. The van der Waals surface area contributed by atoms with Crippen molar-refractivity contribution >= 4 is 16.9 Å². The Bertz CT molecular complexity index is 1530. The molecule has 4 aromatic rings. The maximum absolute atomic E-state index is 13.6. The van der Waals surface area contributed by atoms with Gasteiger partial charge in [-0.3, -0.25) is 18.7 Å². The van der Waals surface area contributed by atoms with Crippen LogP contribution in [-0.4, -0.2) is 41.7 Å². The predicted molar refractivity (Wildman–Crippen MR) is 137 cm³/mol. The largest absolute Gasteiger partial charge is 0.376 e. The van der Waals surface area contributed by atoms with Gasteiger partial charge in [0.1, 0.15) is 0 Å². The molecule has 0 bridgehead atoms. The van der Waals surface area contributed by atoms with Crippen molar-refractivity contribution < 1.29 is 9.53 Å². The molecule has 9 nitrogen and oxygen atoms in total. The van der Waals surface area contributed by atoms with E-state index in [9.17, 15) is 14.4 Å². The molecule has 1 aliphatic heterocycles. The Hall–Kier alpha value is -3.72. The van der Waals surface area contributed by atoms with E-state index in [1.54, 1.807) is 10.9 Å². The van der Waals surface area contributed by atoms with E-state index >= 15 is 0 Å². The van der Waals surface area contributed by atoms with Gasteiger partial charge in [0, 0.05) is 36.6 Å². The zero-order valence-corrected chi connectivity index (χ0v) is 20.9. The molecule has 3 aromatic heterocycles. The summed E-state index contributed by atoms with van der Waals surface area (Å²) in [7, 11) is 0. The summed E-state index contributed by atoms with van der Waals surface area (Å²) in [6, 6.07) is 11.4. The van der Waals surface area contributed by atoms with Crippen LogP contribution >= 0.6 is 0 Å². The number of ketones is 1. The molecular weight excluding hydrogens is 458 g/mol. The first-order valence-electron chi connectivity index (χ1n) is 12.4. The van der Waals surface area contributed by atoms with Crippen molar-refractivity contribution in [1.29, 1.82) is 0 Å². The van der Waals surface area contributed by atoms with Gasteiger partial charge in [-0.15, -0.1) is 0 Å². The summed E-state index contributed by atoms with van der Waals surface area (Å²) >= 11 is 0. The van der Waals surface area contributed by atoms with Crippen LogP contribution in [0.5, 0.6) is 0 Å². The number of hydrogen-bond acceptors (Lipinski definition) is 5. The Labute approximate surface area is 208 Å². The van der Waals surface area contributed by atoms with E-state index in [0.717, 1.165) is 41.0 Å². The van der Waals surface area contributed by atoms with Crippen molar-refractivity contribution in [2.45, 2.75) is 65.9 Å². The molecule has 0 aliphatic carbocycles. The first-order valence-corrected chi connectivity index (χ1v) is 12.4. The number of aromatic nitrogens is 5. The van der Waals surface area contributed by atoms with Gasteiger partial charge in [-0.05, 0) is 45.2 Å². The van der Waals surface area contributed by atoms with Crippen LogP contribution in [0.25, 0.3) is 11.2 Å². The van der Waals surface area contributed by atoms with Crippen molar-refractivity contribution in [3.8, 4) is 0 Å². The monoisotopic (exact) mass is 489 g/mol. The third-order valence-electron chi connectivity index (χ3n) is 7.09. The van der Waals surface area contributed by atoms with Crippen molar-refractivity contribution in [3.63, 3.8) is 0 Å². The first-order chi connectivity index (χ1) is 17.4. The predicted octanol–water partition coefficient (Wildman–Crippen LogP) is 2.91. The van der Waals surface area contributed by atoms with Gasteiger partial charge in [-0.2, -0.15) is 0 Å². The zero-order valence-electron chi connectivity index (χ0n) is 20.9. The average molecular weight is 490 g/mol. The number of aryl methyl sites for hydroxylation is 2. The maximum atomic E-state index is 13.6. The normalized spacial score (nSPS) is 15.7. The van der Waals surface area contributed by atoms with Crippen molar-refractivity contribution in [1.82, 2.24) is 23.3 Å². The van der Waals surface area contributed by atoms with E-state index in [4.69, 9.17) is 4.74 Å². The average Bonchev–Trinajstić information content (AvgIpc) is 3.61. The SMILES string of the molecule is CCn1cnc2c1c(=O)n(CC(=O)c1cc(C)n(C[C@H]3CCCO3)c1C)c(=O)n2Cc1ccccc1. The highest BCUT2D eigenvalue weighted by Crippen LogP contribution is 2.21. The van der Waals surface area contributed by atoms with Crippen LogP contribution < -0.4 is 11.2 Å². The summed E-state index contributed by atoms with van der Waals surface area (Å²) < 4.78 is 12.1. The van der Waals surface area contributed by atoms with Crippen LogP contribution in [0.2, 0.25) is 0 Å². The summed E-state index contributed by atoms with van der Waals surface area (Å²) in [5.41, 5.74) is 2.82. The quantitative estimate of drug-likeness (QED) is 0.355. The molecule has 0 amide bonds. The molecule has 1 aliphatic rings. The minimum Gasteiger partial charge on any atom is -0.376 e. The second-order valence-corrected chi connectivity index (χ2v) is 9.40. The fourth-order valence-electron chi connectivity index (χ4n) is 5.11. The molecule has 36 heavy (non-hydrogen) atoms. The maximum Gasteiger partial charge on any atom is 0.333 e. The van der Waals surface area contributed by atoms with E-state index in [1.165, 1.54) is 4.57 Å². The van der Waals surface area contributed by atoms with Gasteiger partial charge in [0.05, 0.1) is 25.5 Å². The van der Waals surface area contributed by atoms with Crippen molar-refractivity contribution in [2.75, 3.05) is 6.61 Å². The second kappa shape index (κ2) is 9.73. The highest BCUT2D eigenvalue weighted by Gasteiger charge is 2.24. The number of Topliss-reactive ketones (excluding diaryl/α,β-unsaturated/α-hetero) is 1. The lowest BCUT2D eigenvalue weighted by Crippen LogP contribution is -2.42. The fraction of sp³-hybridized carbons (Fsp3) is 0.407. The van der Waals surface area contributed by atoms with Crippen LogP contribution in [-0.2, 0) is 30.9 Å². The number of rotatable bonds is 8. The van der Waals surface area contributed by atoms with E-state index in [-0.39, 0.29) is 25.0 Å². The molecular formula is C27H31N5O4. The highest BCUT2D eigenvalue weighted by molar-refractivity contribution is 5.97. The molecule has 4 heterocycles. The highest BCUT2D eigenvalue weighted by atomic mass is 16.5. The zero-order chi connectivity index (χ0) is 25.4. The van der Waals surface area contributed by atoms with E-state index in [2.05, 4.69) is 9.55 Å². The van der Waals surface area contributed by atoms with Crippen LogP contribution in [0.4, 0.5) is 0 Å². The summed E-state index contributed by atoms with van der Waals surface area (Å²) in [4.78, 5) is 44.9. The Morgan fingerprint density at radius 3 is 2.58 bits per heavy atom. The van der Waals surface area contributed by atoms with E-state index < -0.39 is 11.2 Å². The summed E-state index contributed by atoms with van der Waals surface area (Å²) in [5.74, 6) is -0.269. The Morgan fingerprint density at radius 2 is 1.89 bits per heavy atom. The van der Waals surface area contributed by atoms with Crippen LogP contribution in [0.1, 0.15) is 47.1 Å². The number of imidazole rings is 1. The molecule has 188 valence electrons. The van der Waals surface area contributed by atoms with Crippen LogP contribution in [0.15, 0.2) is 52.3 Å². The van der Waals surface area contributed by atoms with Gasteiger partial charge < -0.3 is 13.9 Å². The van der Waals surface area contributed by atoms with Crippen molar-refractivity contribution in [3.05, 3.63) is 86.1 Å². The Balaban J connectivity index is 1.55. The standard InChI is InChI=1S/C27H31N5O4/c1-4-29-17-28-25-24(29)26(34)32(27(35)31(25)14-20-9-6-5-7-10-20)16-23(33)22-13-18(2)30(19(22)3)15-21-11-8-12-36-21/h5-7,9-10,13,17,21H,4,8,11-12,14-16H2,1-3H3/t21-/m1/s1. The topological polar surface area (TPSA) is 93.1 Å². The minimum absolute atomic E-state index is 0.141. The summed E-state index contributed by atoms with van der Waals surface area (Å²) in [5, 5.41) is 0. The van der Waals surface area contributed by atoms with Gasteiger partial charge in [0.25, 0.3) is 5.56 Å². The number of carbonyl (C=O) groups is 1. The van der Waals surface area contributed by atoms with Gasteiger partial charge in [0.2, 0.25) is 0 Å². The number of fused-ring (bicyclic) bond motifs is 1. The number of carbonyl (C=O) groups excluding carboxylic acids is 1. The molecule has 1 saturated heterocycles. The fourth-order valence-corrected chi connectivity index (χ4v) is 5.11. The summed E-state index contributed by atoms with van der Waals surface area (Å²) in [6.45, 7) is 7.67. The lowest BCUT2D eigenvalue weighted by molar-refractivity contribution is 0.0947. The number of ether oxygens (including phenoxy) is 1. The van der Waals surface area contributed by atoms with Crippen molar-refractivity contribution in [2.24, 2.45) is 0 Å². The van der Waals surface area contributed by atoms with Crippen LogP contribution in [0.3, 0.4) is 0 Å². The smallest absolute Gasteiger partial charge is 0.333 e. The van der Waals surface area contributed by atoms with Crippen LogP contribution in [0, 0.1) is 13.8 Å². The molecule has 0 radical (unpaired) electrons. The lowest BCUT2D eigenvalue weighted by atomic mass is 10.1. The molecule has 9 heteroatoms. The molecule has 1 fully saturated rings. The molecule has 5 rings (SSSR count). The molecule has 1 aromatic carbocycles. The number of nitrogens with zero attached hydrogens (tertiary/aromatic N) is 5. The van der Waals surface area contributed by atoms with Gasteiger partial charge in [-0.25, -0.2) is 9.78 Å². The van der Waals surface area contributed by atoms with Gasteiger partial charge in [0.15, 0.2) is 16.9 Å². The number of benzene rings is 1. The van der Waals surface area contributed by atoms with E-state index in [1.807, 2.05) is 57.2 Å². The molecule has 0 spiro atoms. The molecule has 0 saturated carbocycles. The first kappa shape index (κ1) is 24.0. The lowest BCUT2D eigenvalue weighted by Gasteiger charge is -2.15. The Kier molecular flexibility index (Phi) is 6.49. The third kappa shape index (κ3) is 4.24.